The van der Waals surface area contributed by atoms with E-state index in [0.717, 1.165) is 17.8 Å². The molecule has 0 fully saturated rings. The lowest BCUT2D eigenvalue weighted by Gasteiger charge is -2.17. The van der Waals surface area contributed by atoms with E-state index in [4.69, 9.17) is 5.11 Å². The SMILES string of the molecule is CC(C)(C)c1ccc(CNCCO)cn1. The van der Waals surface area contributed by atoms with Gasteiger partial charge in [0.2, 0.25) is 0 Å². The highest BCUT2D eigenvalue weighted by Gasteiger charge is 2.14. The maximum Gasteiger partial charge on any atom is 0.0556 e. The fourth-order valence-electron chi connectivity index (χ4n) is 1.28. The normalized spacial score (nSPS) is 11.7. The van der Waals surface area contributed by atoms with Gasteiger partial charge in [-0.3, -0.25) is 4.98 Å². The number of rotatable bonds is 4. The van der Waals surface area contributed by atoms with Crippen LogP contribution in [0.15, 0.2) is 18.3 Å². The molecular formula is C12H20N2O. The summed E-state index contributed by atoms with van der Waals surface area (Å²) in [5.41, 5.74) is 2.36. The van der Waals surface area contributed by atoms with Crippen LogP contribution in [0.5, 0.6) is 0 Å². The van der Waals surface area contributed by atoms with Crippen LogP contribution in [0, 0.1) is 0 Å². The van der Waals surface area contributed by atoms with Crippen LogP contribution < -0.4 is 5.32 Å². The first-order valence-electron chi connectivity index (χ1n) is 5.31. The first-order valence-corrected chi connectivity index (χ1v) is 5.31. The number of aliphatic hydroxyl groups is 1. The van der Waals surface area contributed by atoms with E-state index < -0.39 is 0 Å². The standard InChI is InChI=1S/C12H20N2O/c1-12(2,3)11-5-4-10(9-14-11)8-13-6-7-15/h4-5,9,13,15H,6-8H2,1-3H3. The number of pyridine rings is 1. The number of nitrogens with one attached hydrogen (secondary N) is 1. The molecule has 0 atom stereocenters. The Morgan fingerprint density at radius 2 is 2.07 bits per heavy atom. The molecule has 84 valence electrons. The molecule has 15 heavy (non-hydrogen) atoms. The summed E-state index contributed by atoms with van der Waals surface area (Å²) in [6, 6.07) is 4.15. The van der Waals surface area contributed by atoms with E-state index >= 15 is 0 Å². The van der Waals surface area contributed by atoms with Crippen molar-refractivity contribution in [1.29, 1.82) is 0 Å². The van der Waals surface area contributed by atoms with E-state index in [1.54, 1.807) is 0 Å². The van der Waals surface area contributed by atoms with E-state index in [-0.39, 0.29) is 12.0 Å². The summed E-state index contributed by atoms with van der Waals surface area (Å²) >= 11 is 0. The largest absolute Gasteiger partial charge is 0.395 e. The molecule has 0 aliphatic carbocycles. The van der Waals surface area contributed by atoms with Gasteiger partial charge in [-0.25, -0.2) is 0 Å². The second-order valence-corrected chi connectivity index (χ2v) is 4.70. The molecule has 0 aromatic carbocycles. The van der Waals surface area contributed by atoms with Crippen molar-refractivity contribution in [2.75, 3.05) is 13.2 Å². The van der Waals surface area contributed by atoms with Gasteiger partial charge in [0.05, 0.1) is 6.61 Å². The van der Waals surface area contributed by atoms with E-state index in [1.807, 2.05) is 6.20 Å². The van der Waals surface area contributed by atoms with Crippen LogP contribution in [0.2, 0.25) is 0 Å². The van der Waals surface area contributed by atoms with Gasteiger partial charge in [-0.15, -0.1) is 0 Å². The van der Waals surface area contributed by atoms with Crippen molar-refractivity contribution < 1.29 is 5.11 Å². The van der Waals surface area contributed by atoms with Crippen molar-refractivity contribution in [3.8, 4) is 0 Å². The number of aromatic nitrogens is 1. The zero-order chi connectivity index (χ0) is 11.3. The molecule has 0 radical (unpaired) electrons. The quantitative estimate of drug-likeness (QED) is 0.736. The molecule has 1 aromatic heterocycles. The summed E-state index contributed by atoms with van der Waals surface area (Å²) in [4.78, 5) is 4.43. The van der Waals surface area contributed by atoms with Gasteiger partial charge in [-0.05, 0) is 11.6 Å². The lowest BCUT2D eigenvalue weighted by Crippen LogP contribution is -2.18. The zero-order valence-electron chi connectivity index (χ0n) is 9.75. The highest BCUT2D eigenvalue weighted by Crippen LogP contribution is 2.19. The van der Waals surface area contributed by atoms with Crippen LogP contribution in [0.3, 0.4) is 0 Å². The maximum atomic E-state index is 8.62. The van der Waals surface area contributed by atoms with Crippen molar-refractivity contribution in [2.45, 2.75) is 32.7 Å². The molecular weight excluding hydrogens is 188 g/mol. The van der Waals surface area contributed by atoms with Crippen LogP contribution in [0.4, 0.5) is 0 Å². The molecule has 0 unspecified atom stereocenters. The molecule has 1 heterocycles. The van der Waals surface area contributed by atoms with E-state index in [0.29, 0.717) is 6.54 Å². The summed E-state index contributed by atoms with van der Waals surface area (Å²) in [7, 11) is 0. The van der Waals surface area contributed by atoms with Crippen molar-refractivity contribution in [3.05, 3.63) is 29.6 Å². The molecule has 0 spiro atoms. The van der Waals surface area contributed by atoms with E-state index in [9.17, 15) is 0 Å². The third-order valence-electron chi connectivity index (χ3n) is 2.21. The van der Waals surface area contributed by atoms with Gasteiger partial charge < -0.3 is 10.4 Å². The molecule has 1 rings (SSSR count). The third kappa shape index (κ3) is 3.98. The van der Waals surface area contributed by atoms with Gasteiger partial charge >= 0.3 is 0 Å². The van der Waals surface area contributed by atoms with Crippen LogP contribution in [-0.2, 0) is 12.0 Å². The van der Waals surface area contributed by atoms with Crippen LogP contribution >= 0.6 is 0 Å². The second-order valence-electron chi connectivity index (χ2n) is 4.70. The molecule has 0 aliphatic rings. The highest BCUT2D eigenvalue weighted by atomic mass is 16.3. The second kappa shape index (κ2) is 5.24. The number of nitrogens with zero attached hydrogens (tertiary/aromatic N) is 1. The topological polar surface area (TPSA) is 45.1 Å². The molecule has 0 saturated carbocycles. The summed E-state index contributed by atoms with van der Waals surface area (Å²) in [5.74, 6) is 0. The van der Waals surface area contributed by atoms with Crippen molar-refractivity contribution in [3.63, 3.8) is 0 Å². The van der Waals surface area contributed by atoms with Crippen molar-refractivity contribution in [2.24, 2.45) is 0 Å². The Hall–Kier alpha value is -0.930. The molecule has 0 bridgehead atoms. The first-order chi connectivity index (χ1) is 7.04. The lowest BCUT2D eigenvalue weighted by atomic mass is 9.91. The molecule has 3 heteroatoms. The van der Waals surface area contributed by atoms with Crippen LogP contribution in [-0.4, -0.2) is 23.2 Å². The van der Waals surface area contributed by atoms with Crippen LogP contribution in [0.1, 0.15) is 32.0 Å². The molecule has 1 aromatic rings. The fourth-order valence-corrected chi connectivity index (χ4v) is 1.28. The average Bonchev–Trinajstić information content (AvgIpc) is 2.18. The average molecular weight is 208 g/mol. The third-order valence-corrected chi connectivity index (χ3v) is 2.21. The molecule has 0 amide bonds. The molecule has 0 aliphatic heterocycles. The molecule has 3 nitrogen and oxygen atoms in total. The highest BCUT2D eigenvalue weighted by molar-refractivity contribution is 5.18. The van der Waals surface area contributed by atoms with Crippen molar-refractivity contribution in [1.82, 2.24) is 10.3 Å². The lowest BCUT2D eigenvalue weighted by molar-refractivity contribution is 0.292. The first kappa shape index (κ1) is 12.1. The minimum Gasteiger partial charge on any atom is -0.395 e. The summed E-state index contributed by atoms with van der Waals surface area (Å²) in [6.07, 6.45) is 1.89. The molecule has 2 N–H and O–H groups in total. The maximum absolute atomic E-state index is 8.62. The Morgan fingerprint density at radius 1 is 1.33 bits per heavy atom. The van der Waals surface area contributed by atoms with Gasteiger partial charge in [-0.2, -0.15) is 0 Å². The predicted molar refractivity (Wildman–Crippen MR) is 61.7 cm³/mol. The summed E-state index contributed by atoms with van der Waals surface area (Å²) in [6.45, 7) is 8.02. The minimum absolute atomic E-state index is 0.108. The van der Waals surface area contributed by atoms with Crippen LogP contribution in [0.25, 0.3) is 0 Å². The van der Waals surface area contributed by atoms with Gasteiger partial charge in [0, 0.05) is 30.4 Å². The predicted octanol–water partition coefficient (Wildman–Crippen LogP) is 1.46. The molecule has 0 saturated heterocycles. The van der Waals surface area contributed by atoms with Gasteiger partial charge in [0.1, 0.15) is 0 Å². The number of hydrogen-bond acceptors (Lipinski definition) is 3. The number of hydrogen-bond donors (Lipinski definition) is 2. The zero-order valence-corrected chi connectivity index (χ0v) is 9.75. The smallest absolute Gasteiger partial charge is 0.0556 e. The van der Waals surface area contributed by atoms with E-state index in [1.165, 1.54) is 0 Å². The van der Waals surface area contributed by atoms with Crippen molar-refractivity contribution >= 4 is 0 Å². The van der Waals surface area contributed by atoms with E-state index in [2.05, 4.69) is 43.2 Å². The Kier molecular flexibility index (Phi) is 4.24. The Labute approximate surface area is 91.5 Å². The Morgan fingerprint density at radius 3 is 2.53 bits per heavy atom. The number of aliphatic hydroxyl groups excluding tert-OH is 1. The minimum atomic E-state index is 0.108. The summed E-state index contributed by atoms with van der Waals surface area (Å²) in [5, 5.41) is 11.7. The Bertz CT molecular complexity index is 287. The monoisotopic (exact) mass is 208 g/mol. The van der Waals surface area contributed by atoms with Gasteiger partial charge in [0.15, 0.2) is 0 Å². The van der Waals surface area contributed by atoms with Gasteiger partial charge in [-0.1, -0.05) is 26.8 Å². The van der Waals surface area contributed by atoms with Gasteiger partial charge in [0.25, 0.3) is 0 Å². The summed E-state index contributed by atoms with van der Waals surface area (Å²) < 4.78 is 0. The Balaban J connectivity index is 2.57. The fraction of sp³-hybridized carbons (Fsp3) is 0.583.